The third kappa shape index (κ3) is 2.74. The number of anilines is 1. The van der Waals surface area contributed by atoms with Gasteiger partial charge in [-0.3, -0.25) is 9.78 Å². The lowest BCUT2D eigenvalue weighted by Gasteiger charge is -2.16. The van der Waals surface area contributed by atoms with Crippen molar-refractivity contribution in [2.45, 2.75) is 6.92 Å². The van der Waals surface area contributed by atoms with Gasteiger partial charge in [0, 0.05) is 24.6 Å². The zero-order valence-electron chi connectivity index (χ0n) is 7.82. The number of nitrogens with zero attached hydrogens (tertiary/aromatic N) is 2. The smallest absolute Gasteiger partial charge is 0.236 e. The van der Waals surface area contributed by atoms with Gasteiger partial charge in [0.15, 0.2) is 0 Å². The van der Waals surface area contributed by atoms with E-state index in [2.05, 4.69) is 4.98 Å². The van der Waals surface area contributed by atoms with Gasteiger partial charge in [-0.25, -0.2) is 0 Å². The van der Waals surface area contributed by atoms with E-state index >= 15 is 0 Å². The van der Waals surface area contributed by atoms with Gasteiger partial charge in [0.1, 0.15) is 0 Å². The Kier molecular flexibility index (Phi) is 2.84. The summed E-state index contributed by atoms with van der Waals surface area (Å²) in [5, 5.41) is 0. The van der Waals surface area contributed by atoms with Crippen LogP contribution in [-0.2, 0) is 4.79 Å². The molecule has 1 amide bonds. The normalized spacial score (nSPS) is 9.69. The van der Waals surface area contributed by atoms with Crippen LogP contribution in [0.15, 0.2) is 18.3 Å². The second-order valence-electron chi connectivity index (χ2n) is 2.98. The Bertz CT molecular complexity index is 311. The lowest BCUT2D eigenvalue weighted by Crippen LogP contribution is -2.30. The molecule has 0 aliphatic heterocycles. The zero-order chi connectivity index (χ0) is 9.84. The third-order valence-electron chi connectivity index (χ3n) is 1.71. The molecular weight excluding hydrogens is 166 g/mol. The maximum atomic E-state index is 10.6. The molecule has 0 aromatic carbocycles. The number of aryl methyl sites for hydroxylation is 1. The van der Waals surface area contributed by atoms with E-state index < -0.39 is 0 Å². The van der Waals surface area contributed by atoms with Crippen molar-refractivity contribution in [2.24, 2.45) is 5.73 Å². The molecule has 0 aliphatic rings. The fourth-order valence-corrected chi connectivity index (χ4v) is 1.09. The van der Waals surface area contributed by atoms with Crippen LogP contribution in [0.3, 0.4) is 0 Å². The molecule has 0 spiro atoms. The summed E-state index contributed by atoms with van der Waals surface area (Å²) >= 11 is 0. The third-order valence-corrected chi connectivity index (χ3v) is 1.71. The molecule has 0 bridgehead atoms. The molecule has 4 nitrogen and oxygen atoms in total. The first-order chi connectivity index (χ1) is 6.09. The van der Waals surface area contributed by atoms with Crippen molar-refractivity contribution in [3.05, 3.63) is 24.0 Å². The first kappa shape index (κ1) is 9.51. The number of carbonyl (C=O) groups excluding carboxylic acids is 1. The highest BCUT2D eigenvalue weighted by Crippen LogP contribution is 2.11. The number of hydrogen-bond donors (Lipinski definition) is 1. The molecule has 1 aromatic rings. The molecule has 0 aliphatic carbocycles. The highest BCUT2D eigenvalue weighted by molar-refractivity contribution is 5.79. The minimum Gasteiger partial charge on any atom is -0.368 e. The van der Waals surface area contributed by atoms with Gasteiger partial charge in [-0.15, -0.1) is 0 Å². The molecule has 0 saturated carbocycles. The molecule has 0 radical (unpaired) electrons. The van der Waals surface area contributed by atoms with Gasteiger partial charge in [0.25, 0.3) is 0 Å². The average molecular weight is 179 g/mol. The standard InChI is InChI=1S/C9H13N3O/c1-7-5-8(3-4-11-7)12(2)6-9(10)13/h3-5H,6H2,1-2H3,(H2,10,13). The van der Waals surface area contributed by atoms with Crippen molar-refractivity contribution in [1.82, 2.24) is 4.98 Å². The summed E-state index contributed by atoms with van der Waals surface area (Å²) in [6.45, 7) is 2.13. The van der Waals surface area contributed by atoms with Crippen LogP contribution in [0.2, 0.25) is 0 Å². The van der Waals surface area contributed by atoms with E-state index in [-0.39, 0.29) is 12.5 Å². The summed E-state index contributed by atoms with van der Waals surface area (Å²) in [6, 6.07) is 3.75. The monoisotopic (exact) mass is 179 g/mol. The Morgan fingerprint density at radius 1 is 1.69 bits per heavy atom. The first-order valence-electron chi connectivity index (χ1n) is 4.01. The Morgan fingerprint density at radius 3 is 2.92 bits per heavy atom. The Morgan fingerprint density at radius 2 is 2.38 bits per heavy atom. The van der Waals surface area contributed by atoms with Crippen LogP contribution in [0.5, 0.6) is 0 Å². The lowest BCUT2D eigenvalue weighted by molar-refractivity contribution is -0.116. The summed E-state index contributed by atoms with van der Waals surface area (Å²) in [5.74, 6) is -0.336. The van der Waals surface area contributed by atoms with Gasteiger partial charge in [-0.2, -0.15) is 0 Å². The Hall–Kier alpha value is -1.58. The average Bonchev–Trinajstić information content (AvgIpc) is 2.03. The highest BCUT2D eigenvalue weighted by Gasteiger charge is 2.03. The maximum absolute atomic E-state index is 10.6. The number of amides is 1. The minimum absolute atomic E-state index is 0.226. The van der Waals surface area contributed by atoms with Gasteiger partial charge < -0.3 is 10.6 Å². The van der Waals surface area contributed by atoms with E-state index in [1.54, 1.807) is 11.1 Å². The SMILES string of the molecule is Cc1cc(N(C)CC(N)=O)ccn1. The van der Waals surface area contributed by atoms with Crippen LogP contribution >= 0.6 is 0 Å². The van der Waals surface area contributed by atoms with E-state index in [4.69, 9.17) is 5.73 Å². The number of aromatic nitrogens is 1. The van der Waals surface area contributed by atoms with E-state index in [1.165, 1.54) is 0 Å². The van der Waals surface area contributed by atoms with Gasteiger partial charge in [0.05, 0.1) is 6.54 Å². The van der Waals surface area contributed by atoms with Gasteiger partial charge >= 0.3 is 0 Å². The fourth-order valence-electron chi connectivity index (χ4n) is 1.09. The topological polar surface area (TPSA) is 59.2 Å². The lowest BCUT2D eigenvalue weighted by atomic mass is 10.3. The second-order valence-corrected chi connectivity index (χ2v) is 2.98. The van der Waals surface area contributed by atoms with Crippen LogP contribution < -0.4 is 10.6 Å². The maximum Gasteiger partial charge on any atom is 0.236 e. The van der Waals surface area contributed by atoms with E-state index in [1.807, 2.05) is 26.1 Å². The molecule has 0 saturated heterocycles. The van der Waals surface area contributed by atoms with E-state index in [9.17, 15) is 4.79 Å². The van der Waals surface area contributed by atoms with E-state index in [0.29, 0.717) is 0 Å². The van der Waals surface area contributed by atoms with Crippen LogP contribution in [0.1, 0.15) is 5.69 Å². The second kappa shape index (κ2) is 3.89. The summed E-state index contributed by atoms with van der Waals surface area (Å²) in [4.78, 5) is 16.5. The van der Waals surface area contributed by atoms with Crippen LogP contribution in [0, 0.1) is 6.92 Å². The van der Waals surface area contributed by atoms with E-state index in [0.717, 1.165) is 11.4 Å². The molecule has 0 fully saturated rings. The van der Waals surface area contributed by atoms with Crippen LogP contribution in [0.25, 0.3) is 0 Å². The van der Waals surface area contributed by atoms with Crippen LogP contribution in [0.4, 0.5) is 5.69 Å². The number of pyridine rings is 1. The van der Waals surface area contributed by atoms with Gasteiger partial charge in [-0.1, -0.05) is 0 Å². The molecule has 1 heterocycles. The molecule has 70 valence electrons. The quantitative estimate of drug-likeness (QED) is 0.726. The Labute approximate surface area is 77.4 Å². The molecular formula is C9H13N3O. The van der Waals surface area contributed by atoms with Crippen molar-refractivity contribution in [3.8, 4) is 0 Å². The number of hydrogen-bond acceptors (Lipinski definition) is 3. The molecule has 0 unspecified atom stereocenters. The van der Waals surface area contributed by atoms with Crippen molar-refractivity contribution in [2.75, 3.05) is 18.5 Å². The summed E-state index contributed by atoms with van der Waals surface area (Å²) in [5.41, 5.74) is 6.95. The largest absolute Gasteiger partial charge is 0.368 e. The number of rotatable bonds is 3. The summed E-state index contributed by atoms with van der Waals surface area (Å²) < 4.78 is 0. The van der Waals surface area contributed by atoms with Crippen molar-refractivity contribution in [1.29, 1.82) is 0 Å². The number of likely N-dealkylation sites (N-methyl/N-ethyl adjacent to an activating group) is 1. The predicted octanol–water partition coefficient (Wildman–Crippen LogP) is 0.312. The number of nitrogens with two attached hydrogens (primary N) is 1. The minimum atomic E-state index is -0.336. The molecule has 0 atom stereocenters. The number of primary amides is 1. The van der Waals surface area contributed by atoms with Gasteiger partial charge in [0.2, 0.25) is 5.91 Å². The van der Waals surface area contributed by atoms with Crippen molar-refractivity contribution in [3.63, 3.8) is 0 Å². The zero-order valence-corrected chi connectivity index (χ0v) is 7.82. The summed E-state index contributed by atoms with van der Waals surface area (Å²) in [6.07, 6.45) is 1.71. The highest BCUT2D eigenvalue weighted by atomic mass is 16.1. The summed E-state index contributed by atoms with van der Waals surface area (Å²) in [7, 11) is 1.82. The van der Waals surface area contributed by atoms with Crippen LogP contribution in [-0.4, -0.2) is 24.5 Å². The number of carbonyl (C=O) groups is 1. The fraction of sp³-hybridized carbons (Fsp3) is 0.333. The van der Waals surface area contributed by atoms with Crippen molar-refractivity contribution < 1.29 is 4.79 Å². The predicted molar refractivity (Wildman–Crippen MR) is 51.4 cm³/mol. The first-order valence-corrected chi connectivity index (χ1v) is 4.01. The Balaban J connectivity index is 2.76. The molecule has 1 aromatic heterocycles. The van der Waals surface area contributed by atoms with Crippen molar-refractivity contribution >= 4 is 11.6 Å². The molecule has 13 heavy (non-hydrogen) atoms. The molecule has 4 heteroatoms. The van der Waals surface area contributed by atoms with Gasteiger partial charge in [-0.05, 0) is 19.1 Å². The molecule has 2 N–H and O–H groups in total. The molecule has 1 rings (SSSR count).